The zero-order valence-corrected chi connectivity index (χ0v) is 12.1. The van der Waals surface area contributed by atoms with Crippen LogP contribution in [0.1, 0.15) is 50.5 Å². The first kappa shape index (κ1) is 13.1. The minimum Gasteiger partial charge on any atom is -0.335 e. The van der Waals surface area contributed by atoms with Crippen molar-refractivity contribution in [3.05, 3.63) is 22.4 Å². The van der Waals surface area contributed by atoms with Gasteiger partial charge < -0.3 is 10.6 Å². The second-order valence-corrected chi connectivity index (χ2v) is 6.91. The summed E-state index contributed by atoms with van der Waals surface area (Å²) in [4.78, 5) is 14.6. The largest absolute Gasteiger partial charge is 0.335 e. The molecule has 0 bridgehead atoms. The monoisotopic (exact) mass is 278 g/mol. The zero-order valence-electron chi connectivity index (χ0n) is 11.3. The summed E-state index contributed by atoms with van der Waals surface area (Å²) >= 11 is 1.69. The van der Waals surface area contributed by atoms with Crippen LogP contribution in [0.4, 0.5) is 0 Å². The zero-order chi connectivity index (χ0) is 13.3. The van der Waals surface area contributed by atoms with Gasteiger partial charge in [-0.3, -0.25) is 4.79 Å². The molecule has 4 heteroatoms. The highest BCUT2D eigenvalue weighted by Crippen LogP contribution is 2.34. The van der Waals surface area contributed by atoms with Gasteiger partial charge in [-0.1, -0.05) is 12.8 Å². The SMILES string of the molecule is NC1(CC(=O)N(Cc2ccsc2)C2CC2)CCCC1. The fourth-order valence-electron chi connectivity index (χ4n) is 3.05. The van der Waals surface area contributed by atoms with E-state index in [1.54, 1.807) is 11.3 Å². The molecule has 1 aromatic rings. The van der Waals surface area contributed by atoms with E-state index in [1.807, 2.05) is 0 Å². The van der Waals surface area contributed by atoms with Gasteiger partial charge in [0, 0.05) is 24.5 Å². The molecule has 0 radical (unpaired) electrons. The van der Waals surface area contributed by atoms with Crippen LogP contribution in [-0.2, 0) is 11.3 Å². The molecule has 2 saturated carbocycles. The number of carbonyl (C=O) groups excluding carboxylic acids is 1. The second kappa shape index (κ2) is 5.25. The second-order valence-electron chi connectivity index (χ2n) is 6.13. The minimum absolute atomic E-state index is 0.223. The summed E-state index contributed by atoms with van der Waals surface area (Å²) in [7, 11) is 0. The summed E-state index contributed by atoms with van der Waals surface area (Å²) < 4.78 is 0. The molecule has 2 aliphatic carbocycles. The maximum atomic E-state index is 12.6. The van der Waals surface area contributed by atoms with Gasteiger partial charge in [0.1, 0.15) is 0 Å². The maximum Gasteiger partial charge on any atom is 0.224 e. The quantitative estimate of drug-likeness (QED) is 0.900. The van der Waals surface area contributed by atoms with Crippen molar-refractivity contribution in [2.24, 2.45) is 5.73 Å². The molecule has 3 rings (SSSR count). The van der Waals surface area contributed by atoms with Crippen molar-refractivity contribution in [2.75, 3.05) is 0 Å². The molecule has 2 aliphatic rings. The van der Waals surface area contributed by atoms with E-state index in [9.17, 15) is 4.79 Å². The van der Waals surface area contributed by atoms with Crippen molar-refractivity contribution in [3.63, 3.8) is 0 Å². The van der Waals surface area contributed by atoms with Gasteiger partial charge in [0.05, 0.1) is 0 Å². The van der Waals surface area contributed by atoms with Gasteiger partial charge in [-0.05, 0) is 48.1 Å². The van der Waals surface area contributed by atoms with Crippen LogP contribution in [0.25, 0.3) is 0 Å². The molecule has 1 aromatic heterocycles. The molecule has 3 nitrogen and oxygen atoms in total. The Labute approximate surface area is 118 Å². The number of hydrogen-bond acceptors (Lipinski definition) is 3. The third-order valence-corrected chi connectivity index (χ3v) is 5.08. The first-order valence-electron chi connectivity index (χ1n) is 7.26. The van der Waals surface area contributed by atoms with E-state index in [1.165, 1.54) is 18.4 Å². The number of thiophene rings is 1. The van der Waals surface area contributed by atoms with E-state index in [-0.39, 0.29) is 11.4 Å². The standard InChI is InChI=1S/C15H22N2OS/c16-15(6-1-2-7-15)9-14(18)17(13-3-4-13)10-12-5-8-19-11-12/h5,8,11,13H,1-4,6-7,9-10,16H2. The molecule has 0 aliphatic heterocycles. The van der Waals surface area contributed by atoms with Crippen LogP contribution in [0.15, 0.2) is 16.8 Å². The maximum absolute atomic E-state index is 12.6. The highest BCUT2D eigenvalue weighted by molar-refractivity contribution is 7.07. The van der Waals surface area contributed by atoms with E-state index in [0.717, 1.165) is 32.2 Å². The number of nitrogens with zero attached hydrogens (tertiary/aromatic N) is 1. The Balaban J connectivity index is 1.64. The molecule has 0 atom stereocenters. The smallest absolute Gasteiger partial charge is 0.224 e. The number of nitrogens with two attached hydrogens (primary N) is 1. The van der Waals surface area contributed by atoms with Crippen molar-refractivity contribution in [2.45, 2.75) is 63.1 Å². The van der Waals surface area contributed by atoms with Crippen LogP contribution in [0.2, 0.25) is 0 Å². The molecule has 2 fully saturated rings. The van der Waals surface area contributed by atoms with E-state index >= 15 is 0 Å². The lowest BCUT2D eigenvalue weighted by Gasteiger charge is -2.28. The summed E-state index contributed by atoms with van der Waals surface area (Å²) in [5.74, 6) is 0.262. The molecular weight excluding hydrogens is 256 g/mol. The summed E-state index contributed by atoms with van der Waals surface area (Å²) in [6.45, 7) is 0.767. The average Bonchev–Trinajstić information content (AvgIpc) is 2.91. The average molecular weight is 278 g/mol. The number of hydrogen-bond donors (Lipinski definition) is 1. The predicted octanol–water partition coefficient (Wildman–Crippen LogP) is 2.90. The third kappa shape index (κ3) is 3.18. The van der Waals surface area contributed by atoms with Crippen LogP contribution in [0.3, 0.4) is 0 Å². The fourth-order valence-corrected chi connectivity index (χ4v) is 3.70. The molecule has 1 amide bonds. The van der Waals surface area contributed by atoms with Gasteiger partial charge in [-0.15, -0.1) is 0 Å². The summed E-state index contributed by atoms with van der Waals surface area (Å²) in [5, 5.41) is 4.21. The van der Waals surface area contributed by atoms with Gasteiger partial charge in [0.15, 0.2) is 0 Å². The minimum atomic E-state index is -0.223. The Morgan fingerprint density at radius 3 is 2.74 bits per heavy atom. The van der Waals surface area contributed by atoms with E-state index in [0.29, 0.717) is 12.5 Å². The highest BCUT2D eigenvalue weighted by Gasteiger charge is 2.37. The number of amides is 1. The molecule has 2 N–H and O–H groups in total. The van der Waals surface area contributed by atoms with Gasteiger partial charge in [0.2, 0.25) is 5.91 Å². The van der Waals surface area contributed by atoms with E-state index in [2.05, 4.69) is 21.7 Å². The first-order chi connectivity index (χ1) is 9.16. The number of rotatable bonds is 5. The van der Waals surface area contributed by atoms with Crippen LogP contribution < -0.4 is 5.73 Å². The lowest BCUT2D eigenvalue weighted by Crippen LogP contribution is -2.44. The molecule has 0 unspecified atom stereocenters. The topological polar surface area (TPSA) is 46.3 Å². The Bertz CT molecular complexity index is 433. The molecule has 104 valence electrons. The molecule has 0 spiro atoms. The van der Waals surface area contributed by atoms with E-state index in [4.69, 9.17) is 5.73 Å². The predicted molar refractivity (Wildman–Crippen MR) is 77.9 cm³/mol. The third-order valence-electron chi connectivity index (χ3n) is 4.34. The Kier molecular flexibility index (Phi) is 3.63. The van der Waals surface area contributed by atoms with Gasteiger partial charge >= 0.3 is 0 Å². The highest BCUT2D eigenvalue weighted by atomic mass is 32.1. The summed E-state index contributed by atoms with van der Waals surface area (Å²) in [6.07, 6.45) is 7.23. The van der Waals surface area contributed by atoms with Gasteiger partial charge in [-0.25, -0.2) is 0 Å². The van der Waals surface area contributed by atoms with Crippen molar-refractivity contribution >= 4 is 17.2 Å². The number of carbonyl (C=O) groups is 1. The van der Waals surface area contributed by atoms with Crippen molar-refractivity contribution < 1.29 is 4.79 Å². The molecular formula is C15H22N2OS. The summed E-state index contributed by atoms with van der Waals surface area (Å²) in [5.41, 5.74) is 7.38. The molecule has 0 aromatic carbocycles. The van der Waals surface area contributed by atoms with Crippen molar-refractivity contribution in [1.29, 1.82) is 0 Å². The Morgan fingerprint density at radius 2 is 2.16 bits per heavy atom. The van der Waals surface area contributed by atoms with E-state index < -0.39 is 0 Å². The molecule has 19 heavy (non-hydrogen) atoms. The first-order valence-corrected chi connectivity index (χ1v) is 8.20. The summed E-state index contributed by atoms with van der Waals surface area (Å²) in [6, 6.07) is 2.58. The Morgan fingerprint density at radius 1 is 1.42 bits per heavy atom. The Hall–Kier alpha value is -0.870. The van der Waals surface area contributed by atoms with Crippen molar-refractivity contribution in [1.82, 2.24) is 4.90 Å². The molecule has 1 heterocycles. The van der Waals surface area contributed by atoms with Gasteiger partial charge in [0.25, 0.3) is 0 Å². The normalized spacial score (nSPS) is 21.5. The van der Waals surface area contributed by atoms with Crippen molar-refractivity contribution in [3.8, 4) is 0 Å². The van der Waals surface area contributed by atoms with Crippen LogP contribution >= 0.6 is 11.3 Å². The molecule has 0 saturated heterocycles. The van der Waals surface area contributed by atoms with Crippen LogP contribution in [0.5, 0.6) is 0 Å². The lowest BCUT2D eigenvalue weighted by atomic mass is 9.94. The van der Waals surface area contributed by atoms with Gasteiger partial charge in [-0.2, -0.15) is 11.3 Å². The van der Waals surface area contributed by atoms with Crippen LogP contribution in [-0.4, -0.2) is 22.4 Å². The fraction of sp³-hybridized carbons (Fsp3) is 0.667. The lowest BCUT2D eigenvalue weighted by molar-refractivity contribution is -0.133. The van der Waals surface area contributed by atoms with Crippen LogP contribution in [0, 0.1) is 0 Å².